The van der Waals surface area contributed by atoms with E-state index in [1.54, 1.807) is 0 Å². The van der Waals surface area contributed by atoms with Crippen LogP contribution in [0.1, 0.15) is 59.8 Å². The van der Waals surface area contributed by atoms with E-state index in [-0.39, 0.29) is 12.1 Å². The SMILES string of the molecule is CC(C)NC1(CO)CCC(N2CCCC2C(C)C)C1. The summed E-state index contributed by atoms with van der Waals surface area (Å²) >= 11 is 0. The second kappa shape index (κ2) is 6.11. The van der Waals surface area contributed by atoms with E-state index in [0.717, 1.165) is 24.8 Å². The molecule has 2 N–H and O–H groups in total. The topological polar surface area (TPSA) is 35.5 Å². The van der Waals surface area contributed by atoms with Crippen LogP contribution in [-0.2, 0) is 0 Å². The Morgan fingerprint density at radius 3 is 2.58 bits per heavy atom. The minimum atomic E-state index is -0.0248. The Kier molecular flexibility index (Phi) is 4.91. The number of likely N-dealkylation sites (tertiary alicyclic amines) is 1. The van der Waals surface area contributed by atoms with Crippen LogP contribution in [-0.4, -0.2) is 46.8 Å². The third-order valence-corrected chi connectivity index (χ3v) is 5.06. The Bertz CT molecular complexity index is 292. The average molecular weight is 268 g/mol. The molecule has 19 heavy (non-hydrogen) atoms. The molecule has 0 bridgehead atoms. The van der Waals surface area contributed by atoms with Crippen molar-refractivity contribution in [1.29, 1.82) is 0 Å². The Morgan fingerprint density at radius 2 is 2.00 bits per heavy atom. The molecule has 3 heteroatoms. The molecule has 0 aromatic rings. The molecule has 1 saturated heterocycles. The maximum absolute atomic E-state index is 9.82. The van der Waals surface area contributed by atoms with Crippen LogP contribution in [0, 0.1) is 5.92 Å². The fourth-order valence-corrected chi connectivity index (χ4v) is 4.30. The molecule has 2 aliphatic rings. The summed E-state index contributed by atoms with van der Waals surface area (Å²) in [5.41, 5.74) is -0.0248. The first-order chi connectivity index (χ1) is 8.97. The summed E-state index contributed by atoms with van der Waals surface area (Å²) < 4.78 is 0. The van der Waals surface area contributed by atoms with Gasteiger partial charge in [0.1, 0.15) is 0 Å². The summed E-state index contributed by atoms with van der Waals surface area (Å²) in [4.78, 5) is 2.74. The van der Waals surface area contributed by atoms with Crippen LogP contribution in [0.15, 0.2) is 0 Å². The van der Waals surface area contributed by atoms with Gasteiger partial charge >= 0.3 is 0 Å². The van der Waals surface area contributed by atoms with E-state index < -0.39 is 0 Å². The standard InChI is InChI=1S/C16H32N2O/c1-12(2)15-6-5-9-18(15)14-7-8-16(10-14,11-19)17-13(3)4/h12-15,17,19H,5-11H2,1-4H3. The number of nitrogens with one attached hydrogen (secondary N) is 1. The number of aliphatic hydroxyl groups excluding tert-OH is 1. The van der Waals surface area contributed by atoms with Crippen molar-refractivity contribution in [2.45, 2.75) is 83.5 Å². The highest BCUT2D eigenvalue weighted by Gasteiger charge is 2.43. The average Bonchev–Trinajstić information content (AvgIpc) is 2.94. The summed E-state index contributed by atoms with van der Waals surface area (Å²) in [5.74, 6) is 0.754. The minimum Gasteiger partial charge on any atom is -0.394 e. The Hall–Kier alpha value is -0.120. The van der Waals surface area contributed by atoms with Crippen LogP contribution >= 0.6 is 0 Å². The van der Waals surface area contributed by atoms with E-state index in [9.17, 15) is 5.11 Å². The van der Waals surface area contributed by atoms with Gasteiger partial charge in [-0.1, -0.05) is 27.7 Å². The van der Waals surface area contributed by atoms with Crippen LogP contribution in [0.3, 0.4) is 0 Å². The normalized spacial score (nSPS) is 36.8. The van der Waals surface area contributed by atoms with E-state index in [4.69, 9.17) is 0 Å². The number of hydrogen-bond acceptors (Lipinski definition) is 3. The van der Waals surface area contributed by atoms with Gasteiger partial charge in [-0.3, -0.25) is 4.90 Å². The number of hydrogen-bond donors (Lipinski definition) is 2. The van der Waals surface area contributed by atoms with Crippen molar-refractivity contribution in [3.63, 3.8) is 0 Å². The maximum Gasteiger partial charge on any atom is 0.0614 e. The van der Waals surface area contributed by atoms with Crippen molar-refractivity contribution in [1.82, 2.24) is 10.2 Å². The van der Waals surface area contributed by atoms with E-state index in [2.05, 4.69) is 37.9 Å². The van der Waals surface area contributed by atoms with E-state index >= 15 is 0 Å². The lowest BCUT2D eigenvalue weighted by atomic mass is 9.96. The lowest BCUT2D eigenvalue weighted by Crippen LogP contribution is -2.51. The fourth-order valence-electron chi connectivity index (χ4n) is 4.30. The molecule has 0 aromatic carbocycles. The highest BCUT2D eigenvalue weighted by Crippen LogP contribution is 2.38. The molecule has 2 fully saturated rings. The molecule has 2 rings (SSSR count). The maximum atomic E-state index is 9.82. The molecular weight excluding hydrogens is 236 g/mol. The minimum absolute atomic E-state index is 0.0248. The number of rotatable bonds is 5. The third-order valence-electron chi connectivity index (χ3n) is 5.06. The largest absolute Gasteiger partial charge is 0.394 e. The predicted molar refractivity (Wildman–Crippen MR) is 80.3 cm³/mol. The van der Waals surface area contributed by atoms with Gasteiger partial charge in [0.15, 0.2) is 0 Å². The first-order valence-corrected chi connectivity index (χ1v) is 8.12. The van der Waals surface area contributed by atoms with Crippen LogP contribution < -0.4 is 5.32 Å². The summed E-state index contributed by atoms with van der Waals surface area (Å²) in [6.45, 7) is 10.6. The summed E-state index contributed by atoms with van der Waals surface area (Å²) in [5, 5.41) is 13.4. The Labute approximate surface area is 118 Å². The number of aliphatic hydroxyl groups is 1. The van der Waals surface area contributed by atoms with Gasteiger partial charge in [-0.15, -0.1) is 0 Å². The van der Waals surface area contributed by atoms with Crippen molar-refractivity contribution in [3.05, 3.63) is 0 Å². The molecule has 1 heterocycles. The van der Waals surface area contributed by atoms with Crippen molar-refractivity contribution >= 4 is 0 Å². The molecule has 0 amide bonds. The molecule has 0 aromatic heterocycles. The van der Waals surface area contributed by atoms with Crippen molar-refractivity contribution in [2.75, 3.05) is 13.2 Å². The monoisotopic (exact) mass is 268 g/mol. The van der Waals surface area contributed by atoms with Gasteiger partial charge in [-0.2, -0.15) is 0 Å². The zero-order valence-electron chi connectivity index (χ0n) is 13.2. The second-order valence-corrected chi connectivity index (χ2v) is 7.33. The lowest BCUT2D eigenvalue weighted by Gasteiger charge is -2.35. The zero-order valence-corrected chi connectivity index (χ0v) is 13.2. The van der Waals surface area contributed by atoms with Crippen LogP contribution in [0.4, 0.5) is 0 Å². The highest BCUT2D eigenvalue weighted by molar-refractivity contribution is 5.02. The molecular formula is C16H32N2O. The van der Waals surface area contributed by atoms with Gasteiger partial charge in [-0.25, -0.2) is 0 Å². The summed E-state index contributed by atoms with van der Waals surface area (Å²) in [6, 6.07) is 1.89. The predicted octanol–water partition coefficient (Wildman–Crippen LogP) is 2.39. The van der Waals surface area contributed by atoms with Gasteiger partial charge in [0.25, 0.3) is 0 Å². The molecule has 1 aliphatic carbocycles. The summed E-state index contributed by atoms with van der Waals surface area (Å²) in [6.07, 6.45) is 6.18. The highest BCUT2D eigenvalue weighted by atomic mass is 16.3. The van der Waals surface area contributed by atoms with Gasteiger partial charge in [0.05, 0.1) is 6.61 Å². The van der Waals surface area contributed by atoms with Gasteiger partial charge < -0.3 is 10.4 Å². The van der Waals surface area contributed by atoms with Gasteiger partial charge in [0, 0.05) is 23.7 Å². The molecule has 112 valence electrons. The molecule has 1 saturated carbocycles. The first kappa shape index (κ1) is 15.3. The molecule has 1 aliphatic heterocycles. The van der Waals surface area contributed by atoms with E-state index in [1.807, 2.05) is 0 Å². The van der Waals surface area contributed by atoms with Crippen molar-refractivity contribution in [3.8, 4) is 0 Å². The Morgan fingerprint density at radius 1 is 1.26 bits per heavy atom. The van der Waals surface area contributed by atoms with E-state index in [1.165, 1.54) is 25.8 Å². The zero-order chi connectivity index (χ0) is 14.0. The lowest BCUT2D eigenvalue weighted by molar-refractivity contribution is 0.117. The molecule has 3 nitrogen and oxygen atoms in total. The number of nitrogens with zero attached hydrogens (tertiary/aromatic N) is 1. The summed E-state index contributed by atoms with van der Waals surface area (Å²) in [7, 11) is 0. The van der Waals surface area contributed by atoms with Gasteiger partial charge in [0.2, 0.25) is 0 Å². The van der Waals surface area contributed by atoms with Crippen molar-refractivity contribution in [2.24, 2.45) is 5.92 Å². The van der Waals surface area contributed by atoms with Crippen LogP contribution in [0.2, 0.25) is 0 Å². The second-order valence-electron chi connectivity index (χ2n) is 7.33. The van der Waals surface area contributed by atoms with Crippen LogP contribution in [0.5, 0.6) is 0 Å². The molecule has 0 spiro atoms. The molecule has 0 radical (unpaired) electrons. The molecule has 3 atom stereocenters. The quantitative estimate of drug-likeness (QED) is 0.803. The van der Waals surface area contributed by atoms with E-state index in [0.29, 0.717) is 12.1 Å². The third kappa shape index (κ3) is 3.32. The van der Waals surface area contributed by atoms with Crippen molar-refractivity contribution < 1.29 is 5.11 Å². The Balaban J connectivity index is 2.00. The molecule has 3 unspecified atom stereocenters. The fraction of sp³-hybridized carbons (Fsp3) is 1.00. The first-order valence-electron chi connectivity index (χ1n) is 8.12. The van der Waals surface area contributed by atoms with Gasteiger partial charge in [-0.05, 0) is 44.6 Å². The van der Waals surface area contributed by atoms with Crippen LogP contribution in [0.25, 0.3) is 0 Å². The smallest absolute Gasteiger partial charge is 0.0614 e.